The van der Waals surface area contributed by atoms with Crippen LogP contribution in [0, 0.1) is 17.8 Å². The Kier molecular flexibility index (Phi) is 8.92. The summed E-state index contributed by atoms with van der Waals surface area (Å²) in [6.45, 7) is 8.09. The summed E-state index contributed by atoms with van der Waals surface area (Å²) in [5, 5.41) is 7.41. The van der Waals surface area contributed by atoms with Gasteiger partial charge in [0.05, 0.1) is 14.2 Å². The van der Waals surface area contributed by atoms with Gasteiger partial charge in [-0.1, -0.05) is 12.1 Å². The highest BCUT2D eigenvalue weighted by Gasteiger charge is 2.51. The fourth-order valence-electron chi connectivity index (χ4n) is 7.87. The summed E-state index contributed by atoms with van der Waals surface area (Å²) in [4.78, 5) is 20.5. The van der Waals surface area contributed by atoms with Crippen LogP contribution < -0.4 is 15.4 Å². The van der Waals surface area contributed by atoms with Gasteiger partial charge >= 0.3 is 0 Å². The Balaban J connectivity index is 1.25. The third-order valence-corrected chi connectivity index (χ3v) is 9.69. The van der Waals surface area contributed by atoms with Crippen molar-refractivity contribution in [1.82, 2.24) is 15.0 Å². The standard InChI is InChI=1S/C31H49N6O2/c1-5-37(6-2,39-4)16-8-15-32-29-33-28(10-7-9-23-11-13-27(38-3)14-12-23)34-30(35-29)36-31-20-24-17-25(21-31)19-26(18-24)22-31/h11-14,24-26H,5-10,15-22H2,1-4H3,(H2,32,33,34,35,36)/q+1. The van der Waals surface area contributed by atoms with Crippen LogP contribution in [0.15, 0.2) is 24.3 Å². The average molecular weight is 538 g/mol. The SMILES string of the molecule is CC[N+](CC)(CCCNc1nc(CCCc2ccc(OC)cc2)nc(NC23CC4CC(CC(C4)C2)C3)n1)OC. The van der Waals surface area contributed by atoms with Crippen LogP contribution in [-0.4, -0.2) is 65.5 Å². The number of nitrogens with zero attached hydrogens (tertiary/aromatic N) is 4. The van der Waals surface area contributed by atoms with Gasteiger partial charge in [0, 0.05) is 24.9 Å². The van der Waals surface area contributed by atoms with Crippen molar-refractivity contribution in [3.8, 4) is 5.75 Å². The lowest BCUT2D eigenvalue weighted by Crippen LogP contribution is -2.55. The van der Waals surface area contributed by atoms with Crippen LogP contribution >= 0.6 is 0 Å². The van der Waals surface area contributed by atoms with Crippen molar-refractivity contribution in [3.05, 3.63) is 35.7 Å². The summed E-state index contributed by atoms with van der Waals surface area (Å²) in [6, 6.07) is 8.35. The Morgan fingerprint density at radius 2 is 1.49 bits per heavy atom. The van der Waals surface area contributed by atoms with Gasteiger partial charge in [-0.05, 0) is 101 Å². The molecule has 0 spiro atoms. The van der Waals surface area contributed by atoms with Gasteiger partial charge in [0.25, 0.3) is 0 Å². The Morgan fingerprint density at radius 3 is 2.08 bits per heavy atom. The van der Waals surface area contributed by atoms with E-state index in [4.69, 9.17) is 24.5 Å². The number of rotatable bonds is 15. The molecule has 8 heteroatoms. The summed E-state index contributed by atoms with van der Waals surface area (Å²) in [5.74, 6) is 5.86. The highest BCUT2D eigenvalue weighted by Crippen LogP contribution is 2.56. The summed E-state index contributed by atoms with van der Waals surface area (Å²) in [7, 11) is 3.52. The molecule has 1 aromatic carbocycles. The number of hydrogen-bond donors (Lipinski definition) is 2. The molecule has 0 atom stereocenters. The molecule has 8 nitrogen and oxygen atoms in total. The first-order chi connectivity index (χ1) is 19.0. The highest BCUT2D eigenvalue weighted by molar-refractivity contribution is 5.38. The van der Waals surface area contributed by atoms with Gasteiger partial charge in [-0.2, -0.15) is 19.6 Å². The molecule has 4 bridgehead atoms. The number of benzene rings is 1. The topological polar surface area (TPSA) is 81.2 Å². The second-order valence-corrected chi connectivity index (χ2v) is 12.3. The zero-order valence-electron chi connectivity index (χ0n) is 24.5. The van der Waals surface area contributed by atoms with E-state index in [9.17, 15) is 0 Å². The molecule has 4 fully saturated rings. The molecule has 0 amide bonds. The van der Waals surface area contributed by atoms with Gasteiger partial charge in [0.15, 0.2) is 0 Å². The Labute approximate surface area is 234 Å². The molecular weight excluding hydrogens is 488 g/mol. The van der Waals surface area contributed by atoms with Gasteiger partial charge < -0.3 is 15.4 Å². The third kappa shape index (κ3) is 6.83. The van der Waals surface area contributed by atoms with Gasteiger partial charge in [0.1, 0.15) is 31.2 Å². The number of nitrogens with one attached hydrogen (secondary N) is 2. The highest BCUT2D eigenvalue weighted by atomic mass is 16.7. The maximum atomic E-state index is 5.81. The van der Waals surface area contributed by atoms with E-state index in [1.165, 1.54) is 44.1 Å². The fraction of sp³-hybridized carbons (Fsp3) is 0.710. The molecule has 0 radical (unpaired) electrons. The minimum absolute atomic E-state index is 0.172. The van der Waals surface area contributed by atoms with Crippen LogP contribution in [0.4, 0.5) is 11.9 Å². The number of ether oxygens (including phenoxy) is 1. The van der Waals surface area contributed by atoms with Crippen LogP contribution in [-0.2, 0) is 17.7 Å². The van der Waals surface area contributed by atoms with Crippen molar-refractivity contribution in [2.75, 3.05) is 51.0 Å². The number of aryl methyl sites for hydroxylation is 2. The van der Waals surface area contributed by atoms with E-state index >= 15 is 0 Å². The van der Waals surface area contributed by atoms with Crippen LogP contribution in [0.2, 0.25) is 0 Å². The Hall–Kier alpha value is -2.45. The van der Waals surface area contributed by atoms with E-state index in [0.29, 0.717) is 10.6 Å². The van der Waals surface area contributed by atoms with Crippen molar-refractivity contribution in [2.45, 2.75) is 83.6 Å². The molecule has 39 heavy (non-hydrogen) atoms. The second kappa shape index (κ2) is 12.4. The smallest absolute Gasteiger partial charge is 0.228 e. The number of hydroxylamine groups is 3. The molecule has 1 heterocycles. The molecule has 214 valence electrons. The molecule has 4 aliphatic carbocycles. The first kappa shape index (κ1) is 28.1. The minimum atomic E-state index is 0.172. The van der Waals surface area contributed by atoms with E-state index in [-0.39, 0.29) is 5.54 Å². The first-order valence-electron chi connectivity index (χ1n) is 15.3. The van der Waals surface area contributed by atoms with E-state index < -0.39 is 0 Å². The number of quaternary nitrogens is 1. The summed E-state index contributed by atoms with van der Waals surface area (Å²) in [5.41, 5.74) is 1.48. The van der Waals surface area contributed by atoms with Crippen LogP contribution in [0.5, 0.6) is 5.75 Å². The molecule has 0 aliphatic heterocycles. The lowest BCUT2D eigenvalue weighted by Gasteiger charge is -2.56. The molecule has 2 N–H and O–H groups in total. The summed E-state index contributed by atoms with van der Waals surface area (Å²) in [6.07, 6.45) is 11.9. The maximum Gasteiger partial charge on any atom is 0.228 e. The fourth-order valence-corrected chi connectivity index (χ4v) is 7.87. The van der Waals surface area contributed by atoms with Crippen molar-refractivity contribution < 1.29 is 14.2 Å². The zero-order valence-corrected chi connectivity index (χ0v) is 24.5. The Bertz CT molecular complexity index is 1030. The number of methoxy groups -OCH3 is 1. The molecule has 6 rings (SSSR count). The minimum Gasteiger partial charge on any atom is -0.497 e. The number of hydrogen-bond acceptors (Lipinski definition) is 7. The predicted octanol–water partition coefficient (Wildman–Crippen LogP) is 5.66. The van der Waals surface area contributed by atoms with Crippen molar-refractivity contribution >= 4 is 11.9 Å². The second-order valence-electron chi connectivity index (χ2n) is 12.3. The van der Waals surface area contributed by atoms with Crippen molar-refractivity contribution in [2.24, 2.45) is 17.8 Å². The molecule has 4 saturated carbocycles. The molecule has 2 aromatic rings. The number of aromatic nitrogens is 3. The lowest BCUT2D eigenvalue weighted by atomic mass is 9.53. The third-order valence-electron chi connectivity index (χ3n) is 9.69. The van der Waals surface area contributed by atoms with Crippen LogP contribution in [0.3, 0.4) is 0 Å². The predicted molar refractivity (Wildman–Crippen MR) is 156 cm³/mol. The van der Waals surface area contributed by atoms with Gasteiger partial charge in [-0.3, -0.25) is 0 Å². The quantitative estimate of drug-likeness (QED) is 0.172. The first-order valence-corrected chi connectivity index (χ1v) is 15.3. The zero-order chi connectivity index (χ0) is 27.3. The normalized spacial score (nSPS) is 25.6. The van der Waals surface area contributed by atoms with E-state index in [1.807, 2.05) is 19.2 Å². The lowest BCUT2D eigenvalue weighted by molar-refractivity contribution is -1.10. The largest absolute Gasteiger partial charge is 0.497 e. The van der Waals surface area contributed by atoms with Gasteiger partial charge in [0.2, 0.25) is 11.9 Å². The van der Waals surface area contributed by atoms with Gasteiger partial charge in [-0.15, -0.1) is 0 Å². The molecule has 0 saturated heterocycles. The maximum absolute atomic E-state index is 5.81. The molecule has 4 aliphatic rings. The average Bonchev–Trinajstić information content (AvgIpc) is 2.93. The van der Waals surface area contributed by atoms with Crippen molar-refractivity contribution in [1.29, 1.82) is 0 Å². The summed E-state index contributed by atoms with van der Waals surface area (Å²) >= 11 is 0. The van der Waals surface area contributed by atoms with Crippen LogP contribution in [0.25, 0.3) is 0 Å². The number of anilines is 2. The molecule has 1 aromatic heterocycles. The molecule has 0 unspecified atom stereocenters. The van der Waals surface area contributed by atoms with Gasteiger partial charge in [-0.25, -0.2) is 4.84 Å². The van der Waals surface area contributed by atoms with Crippen LogP contribution in [0.1, 0.15) is 76.6 Å². The van der Waals surface area contributed by atoms with E-state index in [0.717, 1.165) is 87.1 Å². The summed E-state index contributed by atoms with van der Waals surface area (Å²) < 4.78 is 5.97. The monoisotopic (exact) mass is 537 g/mol. The Morgan fingerprint density at radius 1 is 0.846 bits per heavy atom. The van der Waals surface area contributed by atoms with Crippen molar-refractivity contribution in [3.63, 3.8) is 0 Å². The van der Waals surface area contributed by atoms with E-state index in [2.05, 4.69) is 36.6 Å². The molecular formula is C31H49N6O2+. The van der Waals surface area contributed by atoms with E-state index in [1.54, 1.807) is 7.11 Å².